The number of piperidine rings is 1. The highest BCUT2D eigenvalue weighted by Crippen LogP contribution is 2.24. The van der Waals surface area contributed by atoms with Crippen molar-refractivity contribution in [3.8, 4) is 0 Å². The third-order valence-electron chi connectivity index (χ3n) is 3.14. The van der Waals surface area contributed by atoms with Crippen LogP contribution in [0.5, 0.6) is 0 Å². The van der Waals surface area contributed by atoms with E-state index >= 15 is 0 Å². The minimum absolute atomic E-state index is 0.294. The molecule has 2 rings (SSSR count). The SMILES string of the molecule is CSc1nc(N)cc(N2CCC(C)C(O)C2)n1. The number of aliphatic hydroxyl groups is 1. The van der Waals surface area contributed by atoms with Crippen molar-refractivity contribution in [2.45, 2.75) is 24.6 Å². The first-order chi connectivity index (χ1) is 8.10. The van der Waals surface area contributed by atoms with Crippen molar-refractivity contribution in [3.63, 3.8) is 0 Å². The molecule has 2 atom stereocenters. The second kappa shape index (κ2) is 5.10. The topological polar surface area (TPSA) is 75.3 Å². The molecule has 3 N–H and O–H groups in total. The van der Waals surface area contributed by atoms with Gasteiger partial charge in [-0.05, 0) is 18.6 Å². The highest BCUT2D eigenvalue weighted by molar-refractivity contribution is 7.98. The van der Waals surface area contributed by atoms with Crippen LogP contribution in [-0.4, -0.2) is 40.5 Å². The maximum atomic E-state index is 9.88. The number of hydrogen-bond donors (Lipinski definition) is 2. The van der Waals surface area contributed by atoms with E-state index < -0.39 is 0 Å². The number of aliphatic hydroxyl groups excluding tert-OH is 1. The predicted octanol–water partition coefficient (Wildman–Crippen LogP) is 0.988. The fourth-order valence-electron chi connectivity index (χ4n) is 1.94. The van der Waals surface area contributed by atoms with Gasteiger partial charge in [0.2, 0.25) is 0 Å². The summed E-state index contributed by atoms with van der Waals surface area (Å²) in [6.07, 6.45) is 2.60. The molecule has 0 saturated carbocycles. The Balaban J connectivity index is 2.19. The van der Waals surface area contributed by atoms with E-state index in [2.05, 4.69) is 21.8 Å². The van der Waals surface area contributed by atoms with Gasteiger partial charge in [-0.3, -0.25) is 0 Å². The van der Waals surface area contributed by atoms with E-state index in [9.17, 15) is 5.11 Å². The van der Waals surface area contributed by atoms with E-state index in [1.165, 1.54) is 11.8 Å². The van der Waals surface area contributed by atoms with Crippen molar-refractivity contribution in [3.05, 3.63) is 6.07 Å². The van der Waals surface area contributed by atoms with Crippen LogP contribution in [0, 0.1) is 5.92 Å². The molecule has 0 amide bonds. The van der Waals surface area contributed by atoms with Crippen LogP contribution in [0.1, 0.15) is 13.3 Å². The van der Waals surface area contributed by atoms with Crippen molar-refractivity contribution in [1.82, 2.24) is 9.97 Å². The zero-order valence-corrected chi connectivity index (χ0v) is 10.9. The number of hydrogen-bond acceptors (Lipinski definition) is 6. The molecule has 5 nitrogen and oxygen atoms in total. The van der Waals surface area contributed by atoms with Gasteiger partial charge in [-0.25, -0.2) is 9.97 Å². The number of nitrogen functional groups attached to an aromatic ring is 1. The van der Waals surface area contributed by atoms with Crippen LogP contribution >= 0.6 is 11.8 Å². The Labute approximate surface area is 105 Å². The summed E-state index contributed by atoms with van der Waals surface area (Å²) in [5.74, 6) is 1.64. The van der Waals surface area contributed by atoms with E-state index in [-0.39, 0.29) is 6.10 Å². The van der Waals surface area contributed by atoms with Crippen LogP contribution in [0.15, 0.2) is 11.2 Å². The van der Waals surface area contributed by atoms with E-state index in [0.29, 0.717) is 23.4 Å². The second-order valence-electron chi connectivity index (χ2n) is 4.42. The van der Waals surface area contributed by atoms with Crippen molar-refractivity contribution in [2.24, 2.45) is 5.92 Å². The van der Waals surface area contributed by atoms with Gasteiger partial charge in [0.25, 0.3) is 0 Å². The maximum absolute atomic E-state index is 9.88. The molecule has 94 valence electrons. The van der Waals surface area contributed by atoms with E-state index in [1.54, 1.807) is 6.07 Å². The lowest BCUT2D eigenvalue weighted by atomic mass is 9.96. The molecule has 1 aromatic rings. The molecular formula is C11H18N4OS. The summed E-state index contributed by atoms with van der Waals surface area (Å²) in [4.78, 5) is 10.6. The molecule has 1 aliphatic rings. The molecule has 6 heteroatoms. The summed E-state index contributed by atoms with van der Waals surface area (Å²) in [7, 11) is 0. The molecule has 0 bridgehead atoms. The second-order valence-corrected chi connectivity index (χ2v) is 5.19. The van der Waals surface area contributed by atoms with Gasteiger partial charge in [0.15, 0.2) is 5.16 Å². The Morgan fingerprint density at radius 3 is 2.94 bits per heavy atom. The van der Waals surface area contributed by atoms with E-state index in [0.717, 1.165) is 18.8 Å². The lowest BCUT2D eigenvalue weighted by Gasteiger charge is -2.35. The van der Waals surface area contributed by atoms with Crippen LogP contribution in [0.25, 0.3) is 0 Å². The highest BCUT2D eigenvalue weighted by atomic mass is 32.2. The molecule has 2 heterocycles. The van der Waals surface area contributed by atoms with Gasteiger partial charge in [0.1, 0.15) is 11.6 Å². The summed E-state index contributed by atoms with van der Waals surface area (Å²) >= 11 is 1.47. The summed E-state index contributed by atoms with van der Waals surface area (Å²) in [6, 6.07) is 1.77. The monoisotopic (exact) mass is 254 g/mol. The third-order valence-corrected chi connectivity index (χ3v) is 3.68. The van der Waals surface area contributed by atoms with Crippen LogP contribution in [0.3, 0.4) is 0 Å². The Bertz CT molecular complexity index is 401. The van der Waals surface area contributed by atoms with Gasteiger partial charge < -0.3 is 15.7 Å². The van der Waals surface area contributed by atoms with Crippen LogP contribution < -0.4 is 10.6 Å². The molecule has 0 radical (unpaired) electrons. The van der Waals surface area contributed by atoms with Crippen molar-refractivity contribution >= 4 is 23.4 Å². The zero-order valence-electron chi connectivity index (χ0n) is 10.1. The first kappa shape index (κ1) is 12.4. The molecule has 1 fully saturated rings. The summed E-state index contributed by atoms with van der Waals surface area (Å²) in [5, 5.41) is 10.6. The number of nitrogens with two attached hydrogens (primary N) is 1. The number of anilines is 2. The van der Waals surface area contributed by atoms with E-state index in [4.69, 9.17) is 5.73 Å². The summed E-state index contributed by atoms with van der Waals surface area (Å²) in [6.45, 7) is 3.59. The lowest BCUT2D eigenvalue weighted by Crippen LogP contribution is -2.43. The largest absolute Gasteiger partial charge is 0.391 e. The standard InChI is InChI=1S/C11H18N4OS/c1-7-3-4-15(6-8(7)16)10-5-9(12)13-11(14-10)17-2/h5,7-8,16H,3-4,6H2,1-2H3,(H2,12,13,14). The molecular weight excluding hydrogens is 236 g/mol. The van der Waals surface area contributed by atoms with Crippen molar-refractivity contribution < 1.29 is 5.11 Å². The molecule has 0 spiro atoms. The predicted molar refractivity (Wildman–Crippen MR) is 70.2 cm³/mol. The number of rotatable bonds is 2. The van der Waals surface area contributed by atoms with Gasteiger partial charge in [0.05, 0.1) is 6.10 Å². The first-order valence-corrected chi connectivity index (χ1v) is 6.94. The van der Waals surface area contributed by atoms with Gasteiger partial charge >= 0.3 is 0 Å². The molecule has 0 aromatic carbocycles. The average molecular weight is 254 g/mol. The smallest absolute Gasteiger partial charge is 0.191 e. The van der Waals surface area contributed by atoms with Crippen LogP contribution in [-0.2, 0) is 0 Å². The van der Waals surface area contributed by atoms with Gasteiger partial charge in [-0.2, -0.15) is 0 Å². The number of aromatic nitrogens is 2. The normalized spacial score (nSPS) is 25.0. The number of nitrogens with zero attached hydrogens (tertiary/aromatic N) is 3. The molecule has 17 heavy (non-hydrogen) atoms. The summed E-state index contributed by atoms with van der Waals surface area (Å²) < 4.78 is 0. The van der Waals surface area contributed by atoms with Gasteiger partial charge in [0, 0.05) is 19.2 Å². The Kier molecular flexibility index (Phi) is 3.73. The van der Waals surface area contributed by atoms with Crippen LogP contribution in [0.4, 0.5) is 11.6 Å². The number of thioether (sulfide) groups is 1. The van der Waals surface area contributed by atoms with Crippen molar-refractivity contribution in [2.75, 3.05) is 30.0 Å². The Morgan fingerprint density at radius 2 is 2.29 bits per heavy atom. The third kappa shape index (κ3) is 2.81. The molecule has 0 aliphatic carbocycles. The molecule has 2 unspecified atom stereocenters. The Morgan fingerprint density at radius 1 is 1.53 bits per heavy atom. The first-order valence-electron chi connectivity index (χ1n) is 5.71. The number of β-amino-alcohol motifs (C(OH)–C–C–N with tert-alkyl or cyclic N) is 1. The van der Waals surface area contributed by atoms with Crippen LogP contribution in [0.2, 0.25) is 0 Å². The Hall–Kier alpha value is -1.01. The minimum Gasteiger partial charge on any atom is -0.391 e. The van der Waals surface area contributed by atoms with E-state index in [1.807, 2.05) is 6.26 Å². The lowest BCUT2D eigenvalue weighted by molar-refractivity contribution is 0.102. The minimum atomic E-state index is -0.294. The van der Waals surface area contributed by atoms with Gasteiger partial charge in [-0.1, -0.05) is 18.7 Å². The molecule has 1 aliphatic heterocycles. The van der Waals surface area contributed by atoms with Gasteiger partial charge in [-0.15, -0.1) is 0 Å². The van der Waals surface area contributed by atoms with Crippen molar-refractivity contribution in [1.29, 1.82) is 0 Å². The molecule has 1 aromatic heterocycles. The fourth-order valence-corrected chi connectivity index (χ4v) is 2.32. The highest BCUT2D eigenvalue weighted by Gasteiger charge is 2.25. The quantitative estimate of drug-likeness (QED) is 0.605. The summed E-state index contributed by atoms with van der Waals surface area (Å²) in [5.41, 5.74) is 5.75. The maximum Gasteiger partial charge on any atom is 0.191 e. The average Bonchev–Trinajstić information content (AvgIpc) is 2.32. The zero-order chi connectivity index (χ0) is 12.4. The fraction of sp³-hybridized carbons (Fsp3) is 0.636. The molecule has 1 saturated heterocycles.